The summed E-state index contributed by atoms with van der Waals surface area (Å²) in [5.74, 6) is -1.24. The summed E-state index contributed by atoms with van der Waals surface area (Å²) in [5.41, 5.74) is -0.247. The van der Waals surface area contributed by atoms with Crippen LogP contribution in [0.2, 0.25) is 0 Å². The third kappa shape index (κ3) is 3.37. The maximum Gasteiger partial charge on any atom is 0.328 e. The molecule has 1 rings (SSSR count). The van der Waals surface area contributed by atoms with Crippen LogP contribution in [0.5, 0.6) is 0 Å². The third-order valence-electron chi connectivity index (χ3n) is 2.91. The summed E-state index contributed by atoms with van der Waals surface area (Å²) in [4.78, 5) is 22.1. The minimum absolute atomic E-state index is 0.247. The Kier molecular flexibility index (Phi) is 4.12. The molecule has 2 amide bonds. The normalized spacial score (nSPS) is 20.1. The van der Waals surface area contributed by atoms with Gasteiger partial charge in [0.15, 0.2) is 6.04 Å². The number of nitrogens with one attached hydrogen (secondary N) is 2. The molecule has 0 radical (unpaired) electrons. The number of aliphatic carboxylic acids is 1. The molecule has 1 saturated carbocycles. The molecule has 6 heteroatoms. The van der Waals surface area contributed by atoms with Crippen LogP contribution in [0.1, 0.15) is 32.6 Å². The van der Waals surface area contributed by atoms with E-state index < -0.39 is 24.6 Å². The fourth-order valence-corrected chi connectivity index (χ4v) is 1.93. The summed E-state index contributed by atoms with van der Waals surface area (Å²) in [5, 5.41) is 22.4. The monoisotopic (exact) mass is 230 g/mol. The van der Waals surface area contributed by atoms with Gasteiger partial charge in [-0.1, -0.05) is 12.8 Å². The smallest absolute Gasteiger partial charge is 0.328 e. The molecular weight excluding hydrogens is 212 g/mol. The van der Waals surface area contributed by atoms with Crippen molar-refractivity contribution in [3.8, 4) is 0 Å². The van der Waals surface area contributed by atoms with Gasteiger partial charge in [0.1, 0.15) is 0 Å². The molecule has 1 atom stereocenters. The number of amides is 2. The summed E-state index contributed by atoms with van der Waals surface area (Å²) in [6, 6.07) is -1.78. The van der Waals surface area contributed by atoms with Crippen LogP contribution >= 0.6 is 0 Å². The average Bonchev–Trinajstić information content (AvgIpc) is 2.60. The Morgan fingerprint density at radius 3 is 2.38 bits per heavy atom. The van der Waals surface area contributed by atoms with Crippen molar-refractivity contribution >= 4 is 12.0 Å². The van der Waals surface area contributed by atoms with Gasteiger partial charge in [-0.15, -0.1) is 0 Å². The fourth-order valence-electron chi connectivity index (χ4n) is 1.93. The summed E-state index contributed by atoms with van der Waals surface area (Å²) >= 11 is 0. The van der Waals surface area contributed by atoms with Crippen molar-refractivity contribution in [2.24, 2.45) is 0 Å². The van der Waals surface area contributed by atoms with E-state index in [-0.39, 0.29) is 5.54 Å². The molecule has 0 saturated heterocycles. The maximum atomic E-state index is 11.5. The number of carbonyl (C=O) groups is 2. The molecular formula is C10H18N2O4. The van der Waals surface area contributed by atoms with Crippen LogP contribution in [0.4, 0.5) is 4.79 Å². The molecule has 4 N–H and O–H groups in total. The predicted molar refractivity (Wildman–Crippen MR) is 57.1 cm³/mol. The van der Waals surface area contributed by atoms with E-state index in [1.54, 1.807) is 0 Å². The predicted octanol–water partition coefficient (Wildman–Crippen LogP) is 0.0638. The molecule has 92 valence electrons. The SMILES string of the molecule is CC1(NC(=O)NC(CO)C(=O)O)CCCC1. The first-order chi connectivity index (χ1) is 7.47. The number of urea groups is 1. The topological polar surface area (TPSA) is 98.7 Å². The second-order valence-electron chi connectivity index (χ2n) is 4.44. The molecule has 0 aromatic rings. The summed E-state index contributed by atoms with van der Waals surface area (Å²) in [6.45, 7) is 1.33. The van der Waals surface area contributed by atoms with Gasteiger partial charge in [0, 0.05) is 5.54 Å². The highest BCUT2D eigenvalue weighted by atomic mass is 16.4. The number of carbonyl (C=O) groups excluding carboxylic acids is 1. The largest absolute Gasteiger partial charge is 0.480 e. The van der Waals surface area contributed by atoms with Gasteiger partial charge in [0.25, 0.3) is 0 Å². The quantitative estimate of drug-likeness (QED) is 0.549. The van der Waals surface area contributed by atoms with Gasteiger partial charge in [0.2, 0.25) is 0 Å². The third-order valence-corrected chi connectivity index (χ3v) is 2.91. The number of carboxylic acids is 1. The van der Waals surface area contributed by atoms with Crippen LogP contribution in [-0.2, 0) is 4.79 Å². The molecule has 1 unspecified atom stereocenters. The zero-order chi connectivity index (χ0) is 12.2. The number of rotatable bonds is 4. The lowest BCUT2D eigenvalue weighted by atomic mass is 10.0. The Morgan fingerprint density at radius 1 is 1.38 bits per heavy atom. The van der Waals surface area contributed by atoms with E-state index in [1.165, 1.54) is 0 Å². The molecule has 1 aliphatic carbocycles. The summed E-state index contributed by atoms with van der Waals surface area (Å²) in [7, 11) is 0. The Bertz CT molecular complexity index is 274. The van der Waals surface area contributed by atoms with E-state index in [4.69, 9.17) is 10.2 Å². The van der Waals surface area contributed by atoms with Crippen LogP contribution in [0, 0.1) is 0 Å². The van der Waals surface area contributed by atoms with Gasteiger partial charge in [0.05, 0.1) is 6.61 Å². The van der Waals surface area contributed by atoms with Crippen molar-refractivity contribution in [2.45, 2.75) is 44.2 Å². The van der Waals surface area contributed by atoms with Crippen molar-refractivity contribution in [1.82, 2.24) is 10.6 Å². The Hall–Kier alpha value is -1.30. The standard InChI is InChI=1S/C10H18N2O4/c1-10(4-2-3-5-10)12-9(16)11-7(6-13)8(14)15/h7,13H,2-6H2,1H3,(H,14,15)(H2,11,12,16). The molecule has 0 heterocycles. The molecule has 0 aliphatic heterocycles. The molecule has 0 bridgehead atoms. The van der Waals surface area contributed by atoms with Crippen molar-refractivity contribution < 1.29 is 19.8 Å². The highest BCUT2D eigenvalue weighted by Crippen LogP contribution is 2.28. The first-order valence-corrected chi connectivity index (χ1v) is 5.39. The second-order valence-corrected chi connectivity index (χ2v) is 4.44. The molecule has 6 nitrogen and oxygen atoms in total. The van der Waals surface area contributed by atoms with E-state index in [0.717, 1.165) is 25.7 Å². The zero-order valence-corrected chi connectivity index (χ0v) is 9.32. The molecule has 0 aromatic heterocycles. The highest BCUT2D eigenvalue weighted by molar-refractivity contribution is 5.82. The molecule has 1 fully saturated rings. The van der Waals surface area contributed by atoms with Gasteiger partial charge >= 0.3 is 12.0 Å². The van der Waals surface area contributed by atoms with Crippen molar-refractivity contribution in [2.75, 3.05) is 6.61 Å². The average molecular weight is 230 g/mol. The number of hydrogen-bond acceptors (Lipinski definition) is 3. The van der Waals surface area contributed by atoms with Gasteiger partial charge in [-0.25, -0.2) is 9.59 Å². The second kappa shape index (κ2) is 5.16. The maximum absolute atomic E-state index is 11.5. The van der Waals surface area contributed by atoms with Gasteiger partial charge in [-0.3, -0.25) is 0 Å². The van der Waals surface area contributed by atoms with Crippen LogP contribution < -0.4 is 10.6 Å². The number of carboxylic acid groups (broad SMARTS) is 1. The van der Waals surface area contributed by atoms with E-state index in [2.05, 4.69) is 10.6 Å². The van der Waals surface area contributed by atoms with E-state index in [1.807, 2.05) is 6.92 Å². The van der Waals surface area contributed by atoms with Crippen molar-refractivity contribution in [3.05, 3.63) is 0 Å². The van der Waals surface area contributed by atoms with E-state index in [0.29, 0.717) is 0 Å². The first kappa shape index (κ1) is 12.8. The fraction of sp³-hybridized carbons (Fsp3) is 0.800. The van der Waals surface area contributed by atoms with Crippen LogP contribution in [0.3, 0.4) is 0 Å². The molecule has 0 spiro atoms. The van der Waals surface area contributed by atoms with E-state index >= 15 is 0 Å². The summed E-state index contributed by atoms with van der Waals surface area (Å²) < 4.78 is 0. The van der Waals surface area contributed by atoms with Crippen LogP contribution in [-0.4, -0.2) is 40.4 Å². The van der Waals surface area contributed by atoms with Gasteiger partial charge < -0.3 is 20.8 Å². The lowest BCUT2D eigenvalue weighted by Crippen LogP contribution is -2.53. The summed E-state index contributed by atoms with van der Waals surface area (Å²) in [6.07, 6.45) is 3.94. The van der Waals surface area contributed by atoms with Gasteiger partial charge in [-0.05, 0) is 19.8 Å². The molecule has 0 aromatic carbocycles. The first-order valence-electron chi connectivity index (χ1n) is 5.39. The van der Waals surface area contributed by atoms with Crippen molar-refractivity contribution in [3.63, 3.8) is 0 Å². The van der Waals surface area contributed by atoms with Crippen LogP contribution in [0.15, 0.2) is 0 Å². The van der Waals surface area contributed by atoms with Crippen LogP contribution in [0.25, 0.3) is 0 Å². The lowest BCUT2D eigenvalue weighted by molar-refractivity contribution is -0.140. The zero-order valence-electron chi connectivity index (χ0n) is 9.32. The van der Waals surface area contributed by atoms with Crippen molar-refractivity contribution in [1.29, 1.82) is 0 Å². The Balaban J connectivity index is 2.43. The lowest BCUT2D eigenvalue weighted by Gasteiger charge is -2.26. The minimum atomic E-state index is -1.25. The Morgan fingerprint density at radius 2 is 1.94 bits per heavy atom. The molecule has 16 heavy (non-hydrogen) atoms. The van der Waals surface area contributed by atoms with Gasteiger partial charge in [-0.2, -0.15) is 0 Å². The number of hydrogen-bond donors (Lipinski definition) is 4. The highest BCUT2D eigenvalue weighted by Gasteiger charge is 2.31. The molecule has 1 aliphatic rings. The minimum Gasteiger partial charge on any atom is -0.480 e. The number of aliphatic hydroxyl groups is 1. The van der Waals surface area contributed by atoms with E-state index in [9.17, 15) is 9.59 Å². The number of aliphatic hydroxyl groups excluding tert-OH is 1. The Labute approximate surface area is 94.0 Å².